The number of aryl methyl sites for hydroxylation is 1. The summed E-state index contributed by atoms with van der Waals surface area (Å²) in [4.78, 5) is 24.6. The highest BCUT2D eigenvalue weighted by Gasteiger charge is 2.11. The molecule has 0 unspecified atom stereocenters. The van der Waals surface area contributed by atoms with Crippen molar-refractivity contribution in [2.45, 2.75) is 6.54 Å². The molecule has 4 aromatic rings. The van der Waals surface area contributed by atoms with E-state index in [1.165, 1.54) is 18.2 Å². The largest absolute Gasteiger partial charge is 0.350 e. The van der Waals surface area contributed by atoms with Gasteiger partial charge >= 0.3 is 0 Å². The Labute approximate surface area is 159 Å². The summed E-state index contributed by atoms with van der Waals surface area (Å²) in [6.07, 6.45) is 1.92. The Kier molecular flexibility index (Phi) is 4.49. The number of rotatable bonds is 4. The van der Waals surface area contributed by atoms with Crippen LogP contribution in [0.2, 0.25) is 0 Å². The van der Waals surface area contributed by atoms with Crippen LogP contribution in [-0.2, 0) is 18.4 Å². The Balaban J connectivity index is 1.58. The molecule has 0 bridgehead atoms. The van der Waals surface area contributed by atoms with Crippen LogP contribution in [0.15, 0.2) is 71.7 Å². The summed E-state index contributed by atoms with van der Waals surface area (Å²) < 4.78 is 16.2. The maximum atomic E-state index is 13.1. The molecule has 0 spiro atoms. The first-order chi connectivity index (χ1) is 13.5. The Morgan fingerprint density at radius 1 is 1.07 bits per heavy atom. The number of nitrogens with one attached hydrogen (secondary N) is 1. The number of carbonyl (C=O) groups excluding carboxylic acids is 1. The van der Waals surface area contributed by atoms with Gasteiger partial charge in [-0.2, -0.15) is 5.10 Å². The molecule has 28 heavy (non-hydrogen) atoms. The van der Waals surface area contributed by atoms with Gasteiger partial charge in [0.15, 0.2) is 0 Å². The first-order valence-corrected chi connectivity index (χ1v) is 8.69. The molecule has 2 heterocycles. The first kappa shape index (κ1) is 17.7. The number of nitrogens with zero attached hydrogens (tertiary/aromatic N) is 3. The molecule has 6 nitrogen and oxygen atoms in total. The summed E-state index contributed by atoms with van der Waals surface area (Å²) in [6, 6.07) is 16.2. The van der Waals surface area contributed by atoms with Gasteiger partial charge in [0.1, 0.15) is 12.4 Å². The standard InChI is InChI=1S/C21H17FN4O2/c1-25-12-11-16-18(3-2-4-19(16)25)23-20(27)13-26-21(28)10-9-17(24-26)14-5-7-15(22)8-6-14/h2-12H,13H2,1H3,(H,23,27). The molecule has 0 saturated heterocycles. The first-order valence-electron chi connectivity index (χ1n) is 8.69. The monoisotopic (exact) mass is 376 g/mol. The summed E-state index contributed by atoms with van der Waals surface area (Å²) in [6.45, 7) is -0.225. The highest BCUT2D eigenvalue weighted by atomic mass is 19.1. The molecule has 1 N–H and O–H groups in total. The minimum atomic E-state index is -0.390. The van der Waals surface area contributed by atoms with Crippen molar-refractivity contribution in [3.05, 3.63) is 83.0 Å². The number of halogens is 1. The van der Waals surface area contributed by atoms with Crippen LogP contribution in [0, 0.1) is 5.82 Å². The number of carbonyl (C=O) groups is 1. The number of benzene rings is 2. The van der Waals surface area contributed by atoms with Gasteiger partial charge in [-0.05, 0) is 48.5 Å². The fourth-order valence-corrected chi connectivity index (χ4v) is 3.07. The minimum absolute atomic E-state index is 0.225. The second kappa shape index (κ2) is 7.11. The Bertz CT molecular complexity index is 1230. The predicted molar refractivity (Wildman–Crippen MR) is 105 cm³/mol. The minimum Gasteiger partial charge on any atom is -0.350 e. The molecule has 7 heteroatoms. The van der Waals surface area contributed by atoms with E-state index >= 15 is 0 Å². The summed E-state index contributed by atoms with van der Waals surface area (Å²) in [7, 11) is 1.93. The Morgan fingerprint density at radius 2 is 1.86 bits per heavy atom. The highest BCUT2D eigenvalue weighted by Crippen LogP contribution is 2.23. The van der Waals surface area contributed by atoms with Crippen molar-refractivity contribution in [2.75, 3.05) is 5.32 Å². The third-order valence-electron chi connectivity index (χ3n) is 4.50. The lowest BCUT2D eigenvalue weighted by Crippen LogP contribution is -2.29. The molecule has 2 aromatic heterocycles. The van der Waals surface area contributed by atoms with Crippen LogP contribution in [0.3, 0.4) is 0 Å². The molecule has 0 aliphatic carbocycles. The Hall–Kier alpha value is -3.74. The van der Waals surface area contributed by atoms with E-state index in [1.54, 1.807) is 18.2 Å². The summed E-state index contributed by atoms with van der Waals surface area (Å²) in [5.74, 6) is -0.714. The van der Waals surface area contributed by atoms with Crippen molar-refractivity contribution >= 4 is 22.5 Å². The van der Waals surface area contributed by atoms with E-state index in [2.05, 4.69) is 10.4 Å². The molecular weight excluding hydrogens is 359 g/mol. The lowest BCUT2D eigenvalue weighted by molar-refractivity contribution is -0.117. The average Bonchev–Trinajstić information content (AvgIpc) is 3.06. The fourth-order valence-electron chi connectivity index (χ4n) is 3.07. The fraction of sp³-hybridized carbons (Fsp3) is 0.0952. The van der Waals surface area contributed by atoms with Gasteiger partial charge in [0.05, 0.1) is 11.4 Å². The van der Waals surface area contributed by atoms with E-state index in [1.807, 2.05) is 42.1 Å². The number of fused-ring (bicyclic) bond motifs is 1. The second-order valence-corrected chi connectivity index (χ2v) is 6.43. The zero-order valence-corrected chi connectivity index (χ0v) is 15.1. The zero-order chi connectivity index (χ0) is 19.7. The summed E-state index contributed by atoms with van der Waals surface area (Å²) in [5.41, 5.74) is 2.42. The van der Waals surface area contributed by atoms with Gasteiger partial charge in [-0.1, -0.05) is 6.07 Å². The maximum Gasteiger partial charge on any atom is 0.267 e. The van der Waals surface area contributed by atoms with Crippen LogP contribution in [0.5, 0.6) is 0 Å². The molecule has 0 aliphatic rings. The SMILES string of the molecule is Cn1ccc2c(NC(=O)Cn3nc(-c4ccc(F)cc4)ccc3=O)cccc21. The normalized spacial score (nSPS) is 10.9. The molecule has 0 saturated carbocycles. The van der Waals surface area contributed by atoms with E-state index < -0.39 is 0 Å². The lowest BCUT2D eigenvalue weighted by Gasteiger charge is -2.09. The van der Waals surface area contributed by atoms with E-state index in [9.17, 15) is 14.0 Å². The molecule has 0 radical (unpaired) electrons. The topological polar surface area (TPSA) is 68.9 Å². The molecule has 0 fully saturated rings. The van der Waals surface area contributed by atoms with Crippen LogP contribution in [0.1, 0.15) is 0 Å². The molecule has 2 aromatic carbocycles. The van der Waals surface area contributed by atoms with Gasteiger partial charge in [-0.15, -0.1) is 0 Å². The Morgan fingerprint density at radius 3 is 2.64 bits per heavy atom. The van der Waals surface area contributed by atoms with Crippen molar-refractivity contribution in [1.29, 1.82) is 0 Å². The van der Waals surface area contributed by atoms with Crippen molar-refractivity contribution < 1.29 is 9.18 Å². The van der Waals surface area contributed by atoms with Crippen LogP contribution >= 0.6 is 0 Å². The van der Waals surface area contributed by atoms with E-state index in [0.717, 1.165) is 15.6 Å². The number of hydrogen-bond donors (Lipinski definition) is 1. The molecule has 4 rings (SSSR count). The molecular formula is C21H17FN4O2. The summed E-state index contributed by atoms with van der Waals surface area (Å²) in [5, 5.41) is 7.99. The van der Waals surface area contributed by atoms with Gasteiger partial charge < -0.3 is 9.88 Å². The maximum absolute atomic E-state index is 13.1. The van der Waals surface area contributed by atoms with Crippen LogP contribution in [-0.4, -0.2) is 20.3 Å². The van der Waals surface area contributed by atoms with Gasteiger partial charge in [-0.25, -0.2) is 9.07 Å². The molecule has 140 valence electrons. The lowest BCUT2D eigenvalue weighted by atomic mass is 10.1. The number of hydrogen-bond acceptors (Lipinski definition) is 3. The van der Waals surface area contributed by atoms with Crippen LogP contribution in [0.25, 0.3) is 22.2 Å². The smallest absolute Gasteiger partial charge is 0.267 e. The third-order valence-corrected chi connectivity index (χ3v) is 4.50. The van der Waals surface area contributed by atoms with Crippen LogP contribution in [0.4, 0.5) is 10.1 Å². The van der Waals surface area contributed by atoms with Crippen molar-refractivity contribution in [3.8, 4) is 11.3 Å². The highest BCUT2D eigenvalue weighted by molar-refractivity contribution is 6.01. The van der Waals surface area contributed by atoms with E-state index in [-0.39, 0.29) is 23.8 Å². The van der Waals surface area contributed by atoms with E-state index in [4.69, 9.17) is 0 Å². The number of amides is 1. The third kappa shape index (κ3) is 3.42. The van der Waals surface area contributed by atoms with Gasteiger partial charge in [0.2, 0.25) is 5.91 Å². The molecule has 0 atom stereocenters. The second-order valence-electron chi connectivity index (χ2n) is 6.43. The van der Waals surface area contributed by atoms with Gasteiger partial charge in [0.25, 0.3) is 5.56 Å². The molecule has 1 amide bonds. The van der Waals surface area contributed by atoms with Crippen molar-refractivity contribution in [3.63, 3.8) is 0 Å². The van der Waals surface area contributed by atoms with Gasteiger partial charge in [0, 0.05) is 35.8 Å². The number of aromatic nitrogens is 3. The zero-order valence-electron chi connectivity index (χ0n) is 15.1. The molecule has 0 aliphatic heterocycles. The predicted octanol–water partition coefficient (Wildman–Crippen LogP) is 3.18. The summed E-state index contributed by atoms with van der Waals surface area (Å²) >= 11 is 0. The van der Waals surface area contributed by atoms with Crippen molar-refractivity contribution in [1.82, 2.24) is 14.3 Å². The quantitative estimate of drug-likeness (QED) is 0.595. The van der Waals surface area contributed by atoms with Crippen LogP contribution < -0.4 is 10.9 Å². The van der Waals surface area contributed by atoms with E-state index in [0.29, 0.717) is 16.9 Å². The average molecular weight is 376 g/mol. The van der Waals surface area contributed by atoms with Crippen molar-refractivity contribution in [2.24, 2.45) is 7.05 Å². The number of anilines is 1. The van der Waals surface area contributed by atoms with Gasteiger partial charge in [-0.3, -0.25) is 9.59 Å².